The van der Waals surface area contributed by atoms with Crippen molar-refractivity contribution in [1.29, 1.82) is 0 Å². The molecule has 3 aromatic carbocycles. The Morgan fingerprint density at radius 2 is 1.55 bits per heavy atom. The molecule has 10 nitrogen and oxygen atoms in total. The van der Waals surface area contributed by atoms with Crippen LogP contribution in [0.5, 0.6) is 5.75 Å². The zero-order valence-corrected chi connectivity index (χ0v) is 25.9. The van der Waals surface area contributed by atoms with Gasteiger partial charge in [0.05, 0.1) is 0 Å². The van der Waals surface area contributed by atoms with Crippen molar-refractivity contribution in [2.24, 2.45) is 0 Å². The summed E-state index contributed by atoms with van der Waals surface area (Å²) in [5.41, 5.74) is 5.07. The summed E-state index contributed by atoms with van der Waals surface area (Å²) in [6, 6.07) is 19.2. The molecule has 0 aromatic heterocycles. The van der Waals surface area contributed by atoms with Crippen LogP contribution in [0.3, 0.4) is 0 Å². The van der Waals surface area contributed by atoms with Crippen LogP contribution in [0.1, 0.15) is 48.9 Å². The second-order valence-electron chi connectivity index (χ2n) is 11.9. The summed E-state index contributed by atoms with van der Waals surface area (Å²) in [7, 11) is -5.30. The third-order valence-corrected chi connectivity index (χ3v) is 8.04. The molecule has 1 aliphatic carbocycles. The van der Waals surface area contributed by atoms with E-state index in [-0.39, 0.29) is 30.1 Å². The number of carbonyl (C=O) groups is 2. The van der Waals surface area contributed by atoms with E-state index in [4.69, 9.17) is 9.47 Å². The summed E-state index contributed by atoms with van der Waals surface area (Å²) in [6.45, 7) is 9.21. The van der Waals surface area contributed by atoms with Crippen LogP contribution >= 0.6 is 0 Å². The molecule has 1 fully saturated rings. The minimum absolute atomic E-state index is 0.0262. The molecule has 1 N–H and O–H groups in total. The molecule has 44 heavy (non-hydrogen) atoms. The Kier molecular flexibility index (Phi) is 8.85. The zero-order chi connectivity index (χ0) is 31.6. The highest BCUT2D eigenvalue weighted by Crippen LogP contribution is 2.44. The highest BCUT2D eigenvalue weighted by atomic mass is 32.3. The number of nitrogens with one attached hydrogen (secondary N) is 1. The van der Waals surface area contributed by atoms with Crippen molar-refractivity contribution in [2.75, 3.05) is 38.1 Å². The fraction of sp³-hybridized carbons (Fsp3) is 0.375. The monoisotopic (exact) mass is 625 g/mol. The largest absolute Gasteiger partial charge is 0.488 e. The van der Waals surface area contributed by atoms with E-state index in [1.54, 1.807) is 38.7 Å². The lowest BCUT2D eigenvalue weighted by Gasteiger charge is -2.34. The van der Waals surface area contributed by atoms with Crippen LogP contribution in [0.25, 0.3) is 11.1 Å². The van der Waals surface area contributed by atoms with Gasteiger partial charge in [-0.15, -0.1) is 0 Å². The Bertz CT molecular complexity index is 1620. The van der Waals surface area contributed by atoms with Crippen LogP contribution in [0.2, 0.25) is 0 Å². The maximum atomic E-state index is 13.5. The molecule has 0 spiro atoms. The van der Waals surface area contributed by atoms with Gasteiger partial charge in [-0.25, -0.2) is 9.59 Å². The summed E-state index contributed by atoms with van der Waals surface area (Å²) < 4.78 is 51.7. The number of fused-ring (bicyclic) bond motifs is 3. The lowest BCUT2D eigenvalue weighted by atomic mass is 9.98. The molecule has 0 unspecified atom stereocenters. The predicted molar refractivity (Wildman–Crippen MR) is 164 cm³/mol. The maximum absolute atomic E-state index is 13.5. The molecule has 234 valence electrons. The van der Waals surface area contributed by atoms with E-state index >= 15 is 0 Å². The minimum atomic E-state index is -5.30. The molecule has 1 heterocycles. The van der Waals surface area contributed by atoms with Crippen LogP contribution in [0.4, 0.5) is 19.2 Å². The van der Waals surface area contributed by atoms with E-state index in [2.05, 4.69) is 38.7 Å². The second kappa shape index (κ2) is 12.4. The fourth-order valence-corrected chi connectivity index (χ4v) is 6.00. The molecular weight excluding hydrogens is 589 g/mol. The minimum Gasteiger partial charge on any atom is -0.448 e. The number of piperazine rings is 1. The molecule has 3 aromatic rings. The Hall–Kier alpha value is -4.16. The van der Waals surface area contributed by atoms with Gasteiger partial charge >= 0.3 is 22.7 Å². The number of carbonyl (C=O) groups excluding carboxylic acids is 2. The maximum Gasteiger partial charge on any atom is 0.488 e. The fourth-order valence-electron chi connectivity index (χ4n) is 5.61. The lowest BCUT2D eigenvalue weighted by molar-refractivity contribution is 0.0635. The standard InChI is InChI=1S/C32H36FN3O7S/c1-21-22(17-23(18-29(21)43-44(33,39)40)34-30(37)42-32(2,3)4)19-35-13-15-36(16-14-35)31(38)41-20-28-26-11-7-5-9-24(26)25-10-6-8-12-27(25)28/h5-12,17-18,28H,13-16,19-20H2,1-4H3,(H,34,37). The van der Waals surface area contributed by atoms with Gasteiger partial charge in [-0.05, 0) is 67.1 Å². The van der Waals surface area contributed by atoms with Crippen LogP contribution in [-0.4, -0.2) is 68.8 Å². The van der Waals surface area contributed by atoms with E-state index in [0.717, 1.165) is 22.3 Å². The number of anilines is 1. The highest BCUT2D eigenvalue weighted by Gasteiger charge is 2.30. The van der Waals surface area contributed by atoms with Crippen LogP contribution < -0.4 is 9.50 Å². The molecule has 2 amide bonds. The van der Waals surface area contributed by atoms with Gasteiger partial charge in [0.15, 0.2) is 5.75 Å². The molecule has 0 bridgehead atoms. The molecule has 12 heteroatoms. The van der Waals surface area contributed by atoms with E-state index in [1.807, 2.05) is 24.3 Å². The smallest absolute Gasteiger partial charge is 0.448 e. The lowest BCUT2D eigenvalue weighted by Crippen LogP contribution is -2.48. The van der Waals surface area contributed by atoms with E-state index in [9.17, 15) is 21.9 Å². The average Bonchev–Trinajstić information content (AvgIpc) is 3.26. The summed E-state index contributed by atoms with van der Waals surface area (Å²) in [6.07, 6.45) is -1.13. The van der Waals surface area contributed by atoms with Crippen molar-refractivity contribution in [3.05, 3.63) is 82.9 Å². The summed E-state index contributed by atoms with van der Waals surface area (Å²) in [5, 5.41) is 2.55. The van der Waals surface area contributed by atoms with Gasteiger partial charge in [0, 0.05) is 50.4 Å². The molecule has 0 saturated carbocycles. The number of halogens is 1. The first-order chi connectivity index (χ1) is 20.8. The third kappa shape index (κ3) is 7.48. The molecule has 2 aliphatic rings. The molecule has 1 aliphatic heterocycles. The Morgan fingerprint density at radius 3 is 2.11 bits per heavy atom. The van der Waals surface area contributed by atoms with Gasteiger partial charge in [-0.3, -0.25) is 10.2 Å². The van der Waals surface area contributed by atoms with Gasteiger partial charge < -0.3 is 18.6 Å². The normalized spacial score (nSPS) is 15.3. The van der Waals surface area contributed by atoms with Crippen molar-refractivity contribution in [3.63, 3.8) is 0 Å². The quantitative estimate of drug-likeness (QED) is 0.318. The number of nitrogens with zero attached hydrogens (tertiary/aromatic N) is 2. The number of hydrogen-bond donors (Lipinski definition) is 1. The van der Waals surface area contributed by atoms with Gasteiger partial charge in [-0.2, -0.15) is 8.42 Å². The van der Waals surface area contributed by atoms with Gasteiger partial charge in [-0.1, -0.05) is 52.4 Å². The zero-order valence-electron chi connectivity index (χ0n) is 25.1. The third-order valence-electron chi connectivity index (χ3n) is 7.66. The van der Waals surface area contributed by atoms with Crippen molar-refractivity contribution >= 4 is 28.4 Å². The molecule has 0 atom stereocenters. The molecular formula is C32H36FN3O7S. The van der Waals surface area contributed by atoms with Crippen molar-refractivity contribution in [3.8, 4) is 16.9 Å². The van der Waals surface area contributed by atoms with Crippen LogP contribution in [-0.2, 0) is 26.5 Å². The second-order valence-corrected chi connectivity index (χ2v) is 12.9. The number of benzene rings is 3. The van der Waals surface area contributed by atoms with Crippen LogP contribution in [0, 0.1) is 6.92 Å². The molecule has 5 rings (SSSR count). The summed E-state index contributed by atoms with van der Waals surface area (Å²) in [4.78, 5) is 29.1. The van der Waals surface area contributed by atoms with Crippen molar-refractivity contribution < 1.29 is 35.5 Å². The Morgan fingerprint density at radius 1 is 0.955 bits per heavy atom. The Labute approximate surface area is 257 Å². The predicted octanol–water partition coefficient (Wildman–Crippen LogP) is 6.00. The first-order valence-electron chi connectivity index (χ1n) is 14.4. The SMILES string of the molecule is Cc1c(CN2CCN(C(=O)OCC3c4ccccc4-c4ccccc43)CC2)cc(NC(=O)OC(C)(C)C)cc1OS(=O)(=O)F. The average molecular weight is 626 g/mol. The summed E-state index contributed by atoms with van der Waals surface area (Å²) >= 11 is 0. The first kappa shape index (κ1) is 31.3. The molecule has 1 saturated heterocycles. The number of rotatable bonds is 7. The summed E-state index contributed by atoms with van der Waals surface area (Å²) in [5.74, 6) is -0.268. The van der Waals surface area contributed by atoms with E-state index in [0.29, 0.717) is 43.9 Å². The number of amides is 2. The first-order valence-corrected chi connectivity index (χ1v) is 15.7. The van der Waals surface area contributed by atoms with E-state index < -0.39 is 22.2 Å². The van der Waals surface area contributed by atoms with Gasteiger partial charge in [0.1, 0.15) is 12.2 Å². The number of ether oxygens (including phenoxy) is 2. The highest BCUT2D eigenvalue weighted by molar-refractivity contribution is 7.81. The van der Waals surface area contributed by atoms with Gasteiger partial charge in [0.2, 0.25) is 0 Å². The topological polar surface area (TPSA) is 114 Å². The van der Waals surface area contributed by atoms with Crippen molar-refractivity contribution in [2.45, 2.75) is 45.8 Å². The van der Waals surface area contributed by atoms with Crippen molar-refractivity contribution in [1.82, 2.24) is 9.80 Å². The Balaban J connectivity index is 1.21. The van der Waals surface area contributed by atoms with E-state index in [1.165, 1.54) is 6.07 Å². The molecule has 0 radical (unpaired) electrons. The van der Waals surface area contributed by atoms with Gasteiger partial charge in [0.25, 0.3) is 0 Å². The number of hydrogen-bond acceptors (Lipinski definition) is 8. The van der Waals surface area contributed by atoms with Crippen LogP contribution in [0.15, 0.2) is 60.7 Å².